The number of rotatable bonds is 3. The van der Waals surface area contributed by atoms with Gasteiger partial charge in [-0.05, 0) is 23.1 Å². The predicted octanol–water partition coefficient (Wildman–Crippen LogP) is 2.81. The van der Waals surface area contributed by atoms with E-state index in [4.69, 9.17) is 5.73 Å². The van der Waals surface area contributed by atoms with Gasteiger partial charge in [-0.1, -0.05) is 24.3 Å². The number of nitrogens with two attached hydrogens (primary N) is 1. The Hall–Kier alpha value is -2.40. The van der Waals surface area contributed by atoms with E-state index in [0.29, 0.717) is 17.1 Å². The van der Waals surface area contributed by atoms with Crippen LogP contribution in [0.5, 0.6) is 0 Å². The number of para-hydroxylation sites is 1. The van der Waals surface area contributed by atoms with Crippen molar-refractivity contribution in [2.45, 2.75) is 6.54 Å². The highest BCUT2D eigenvalue weighted by molar-refractivity contribution is 7.12. The first-order chi connectivity index (χ1) is 9.75. The number of nitrogens with zero attached hydrogens (tertiary/aromatic N) is 1. The van der Waals surface area contributed by atoms with Crippen LogP contribution < -0.4 is 11.1 Å². The van der Waals surface area contributed by atoms with E-state index in [0.717, 1.165) is 16.5 Å². The third-order valence-electron chi connectivity index (χ3n) is 3.06. The van der Waals surface area contributed by atoms with Crippen LogP contribution in [0.15, 0.2) is 48.0 Å². The summed E-state index contributed by atoms with van der Waals surface area (Å²) >= 11 is 1.34. The minimum Gasteiger partial charge on any atom is -0.397 e. The van der Waals surface area contributed by atoms with Crippen LogP contribution in [0.2, 0.25) is 0 Å². The van der Waals surface area contributed by atoms with Crippen LogP contribution in [0, 0.1) is 0 Å². The fourth-order valence-electron chi connectivity index (χ4n) is 2.07. The number of hydrogen-bond donors (Lipinski definition) is 2. The molecule has 3 rings (SSSR count). The average molecular weight is 283 g/mol. The van der Waals surface area contributed by atoms with E-state index in [2.05, 4.69) is 10.3 Å². The topological polar surface area (TPSA) is 68.0 Å². The highest BCUT2D eigenvalue weighted by Gasteiger charge is 2.11. The molecule has 20 heavy (non-hydrogen) atoms. The summed E-state index contributed by atoms with van der Waals surface area (Å²) in [6, 6.07) is 11.6. The number of carbonyl (C=O) groups excluding carboxylic acids is 1. The number of amides is 1. The monoisotopic (exact) mass is 283 g/mol. The van der Waals surface area contributed by atoms with Crippen molar-refractivity contribution in [3.8, 4) is 0 Å². The molecule has 1 aromatic carbocycles. The summed E-state index contributed by atoms with van der Waals surface area (Å²) in [7, 11) is 0. The average Bonchev–Trinajstić information content (AvgIpc) is 2.91. The van der Waals surface area contributed by atoms with Crippen LogP contribution in [-0.2, 0) is 6.54 Å². The number of nitrogen functional groups attached to an aromatic ring is 1. The fourth-order valence-corrected chi connectivity index (χ4v) is 2.80. The Morgan fingerprint density at radius 1 is 1.25 bits per heavy atom. The van der Waals surface area contributed by atoms with Crippen molar-refractivity contribution in [1.29, 1.82) is 0 Å². The first kappa shape index (κ1) is 12.6. The van der Waals surface area contributed by atoms with Gasteiger partial charge in [-0.3, -0.25) is 9.78 Å². The molecular formula is C15H13N3OS. The Kier molecular flexibility index (Phi) is 3.35. The molecular weight excluding hydrogens is 270 g/mol. The number of hydrogen-bond acceptors (Lipinski definition) is 4. The molecule has 0 aliphatic heterocycles. The highest BCUT2D eigenvalue weighted by atomic mass is 32.1. The number of fused-ring (bicyclic) bond motifs is 1. The van der Waals surface area contributed by atoms with Gasteiger partial charge in [0, 0.05) is 18.1 Å². The first-order valence-electron chi connectivity index (χ1n) is 6.19. The summed E-state index contributed by atoms with van der Waals surface area (Å²) in [6.45, 7) is 0.435. The van der Waals surface area contributed by atoms with E-state index in [1.54, 1.807) is 12.3 Å². The molecule has 2 heterocycles. The lowest BCUT2D eigenvalue weighted by molar-refractivity contribution is 0.0956. The molecule has 4 nitrogen and oxygen atoms in total. The van der Waals surface area contributed by atoms with Crippen molar-refractivity contribution in [2.75, 3.05) is 5.73 Å². The third kappa shape index (κ3) is 2.35. The van der Waals surface area contributed by atoms with E-state index in [1.165, 1.54) is 11.3 Å². The summed E-state index contributed by atoms with van der Waals surface area (Å²) in [5.41, 5.74) is 8.16. The van der Waals surface area contributed by atoms with Crippen LogP contribution in [0.1, 0.15) is 15.2 Å². The SMILES string of the molecule is Nc1ccsc1C(=O)NCc1cccc2cccnc12. The Morgan fingerprint density at radius 3 is 2.90 bits per heavy atom. The minimum absolute atomic E-state index is 0.148. The zero-order valence-electron chi connectivity index (χ0n) is 10.7. The lowest BCUT2D eigenvalue weighted by atomic mass is 10.1. The maximum atomic E-state index is 12.0. The van der Waals surface area contributed by atoms with Crippen molar-refractivity contribution in [2.24, 2.45) is 0 Å². The fraction of sp³-hybridized carbons (Fsp3) is 0.0667. The van der Waals surface area contributed by atoms with Crippen molar-refractivity contribution in [1.82, 2.24) is 10.3 Å². The van der Waals surface area contributed by atoms with Gasteiger partial charge in [0.1, 0.15) is 4.88 Å². The summed E-state index contributed by atoms with van der Waals surface area (Å²) in [6.07, 6.45) is 1.75. The van der Waals surface area contributed by atoms with Gasteiger partial charge < -0.3 is 11.1 Å². The van der Waals surface area contributed by atoms with Gasteiger partial charge in [-0.25, -0.2) is 0 Å². The van der Waals surface area contributed by atoms with Gasteiger partial charge >= 0.3 is 0 Å². The first-order valence-corrected chi connectivity index (χ1v) is 7.07. The van der Waals surface area contributed by atoms with Crippen molar-refractivity contribution >= 4 is 33.8 Å². The number of thiophene rings is 1. The molecule has 0 saturated heterocycles. The molecule has 3 aromatic rings. The third-order valence-corrected chi connectivity index (χ3v) is 3.99. The van der Waals surface area contributed by atoms with E-state index in [1.807, 2.05) is 35.7 Å². The summed E-state index contributed by atoms with van der Waals surface area (Å²) in [4.78, 5) is 17.0. The van der Waals surface area contributed by atoms with E-state index in [-0.39, 0.29) is 5.91 Å². The van der Waals surface area contributed by atoms with Crippen molar-refractivity contribution < 1.29 is 4.79 Å². The zero-order chi connectivity index (χ0) is 13.9. The second-order valence-corrected chi connectivity index (χ2v) is 5.30. The van der Waals surface area contributed by atoms with Gasteiger partial charge in [-0.15, -0.1) is 11.3 Å². The molecule has 0 aliphatic carbocycles. The molecule has 1 amide bonds. The Morgan fingerprint density at radius 2 is 2.10 bits per heavy atom. The highest BCUT2D eigenvalue weighted by Crippen LogP contribution is 2.19. The number of anilines is 1. The largest absolute Gasteiger partial charge is 0.397 e. The molecule has 0 unspecified atom stereocenters. The minimum atomic E-state index is -0.148. The van der Waals surface area contributed by atoms with Gasteiger partial charge in [0.2, 0.25) is 0 Å². The summed E-state index contributed by atoms with van der Waals surface area (Å²) < 4.78 is 0. The van der Waals surface area contributed by atoms with Crippen molar-refractivity contribution in [3.05, 3.63) is 58.4 Å². The molecule has 3 N–H and O–H groups in total. The molecule has 0 spiro atoms. The number of nitrogens with one attached hydrogen (secondary N) is 1. The number of benzene rings is 1. The lowest BCUT2D eigenvalue weighted by Gasteiger charge is -2.07. The van der Waals surface area contributed by atoms with Crippen LogP contribution in [-0.4, -0.2) is 10.9 Å². The maximum absolute atomic E-state index is 12.0. The van der Waals surface area contributed by atoms with Crippen LogP contribution in [0.4, 0.5) is 5.69 Å². The van der Waals surface area contributed by atoms with E-state index < -0.39 is 0 Å². The molecule has 0 aliphatic rings. The normalized spacial score (nSPS) is 10.6. The van der Waals surface area contributed by atoms with E-state index >= 15 is 0 Å². The second kappa shape index (κ2) is 5.30. The Balaban J connectivity index is 1.81. The summed E-state index contributed by atoms with van der Waals surface area (Å²) in [5, 5.41) is 5.76. The number of carbonyl (C=O) groups is 1. The predicted molar refractivity (Wildman–Crippen MR) is 81.6 cm³/mol. The molecule has 100 valence electrons. The van der Waals surface area contributed by atoms with Gasteiger partial charge in [-0.2, -0.15) is 0 Å². The molecule has 0 saturated carbocycles. The van der Waals surface area contributed by atoms with Crippen molar-refractivity contribution in [3.63, 3.8) is 0 Å². The Bertz CT molecular complexity index is 761. The smallest absolute Gasteiger partial charge is 0.263 e. The number of pyridine rings is 1. The molecule has 0 bridgehead atoms. The van der Waals surface area contributed by atoms with Gasteiger partial charge in [0.15, 0.2) is 0 Å². The Labute approximate surface area is 120 Å². The lowest BCUT2D eigenvalue weighted by Crippen LogP contribution is -2.22. The second-order valence-electron chi connectivity index (χ2n) is 4.38. The molecule has 0 atom stereocenters. The van der Waals surface area contributed by atoms with Crippen LogP contribution in [0.25, 0.3) is 10.9 Å². The van der Waals surface area contributed by atoms with Gasteiger partial charge in [0.25, 0.3) is 5.91 Å². The molecule has 0 radical (unpaired) electrons. The molecule has 5 heteroatoms. The van der Waals surface area contributed by atoms with Crippen LogP contribution >= 0.6 is 11.3 Å². The summed E-state index contributed by atoms with van der Waals surface area (Å²) in [5.74, 6) is -0.148. The number of aromatic nitrogens is 1. The van der Waals surface area contributed by atoms with Gasteiger partial charge in [0.05, 0.1) is 11.2 Å². The zero-order valence-corrected chi connectivity index (χ0v) is 11.5. The maximum Gasteiger partial charge on any atom is 0.263 e. The van der Waals surface area contributed by atoms with E-state index in [9.17, 15) is 4.79 Å². The van der Waals surface area contributed by atoms with Crippen LogP contribution in [0.3, 0.4) is 0 Å². The standard InChI is InChI=1S/C15H13N3OS/c16-12-6-8-20-14(12)15(19)18-9-11-4-1-3-10-5-2-7-17-13(10)11/h1-8H,9,16H2,(H,18,19). The molecule has 0 fully saturated rings. The molecule has 2 aromatic heterocycles. The quantitative estimate of drug-likeness (QED) is 0.776.